The van der Waals surface area contributed by atoms with Crippen LogP contribution in [0.3, 0.4) is 0 Å². The number of aliphatic hydroxyl groups is 3. The zero-order chi connectivity index (χ0) is 39.8. The van der Waals surface area contributed by atoms with Crippen molar-refractivity contribution in [2.24, 2.45) is 40.4 Å². The van der Waals surface area contributed by atoms with Crippen molar-refractivity contribution >= 4 is 22.5 Å². The number of phenolic OH excluding ortho intramolecular Hbond substituents is 2. The number of allylic oxidation sites excluding steroid dienone is 2. The summed E-state index contributed by atoms with van der Waals surface area (Å²) in [7, 11) is 0. The van der Waals surface area contributed by atoms with E-state index < -0.39 is 60.1 Å². The van der Waals surface area contributed by atoms with Crippen LogP contribution in [-0.2, 0) is 14.2 Å². The molecule has 0 aromatic heterocycles. The van der Waals surface area contributed by atoms with E-state index in [1.165, 1.54) is 81.9 Å². The van der Waals surface area contributed by atoms with Gasteiger partial charge in [-0.25, -0.2) is 4.79 Å². The zero-order valence-corrected chi connectivity index (χ0v) is 32.7. The largest absolute Gasteiger partial charge is 0.507 e. The van der Waals surface area contributed by atoms with Crippen molar-refractivity contribution < 1.29 is 59.2 Å². The fourth-order valence-electron chi connectivity index (χ4n) is 14.0. The van der Waals surface area contributed by atoms with Crippen LogP contribution in [0.2, 0.25) is 0 Å². The number of ether oxygens (including phenoxy) is 4. The van der Waals surface area contributed by atoms with E-state index in [9.17, 15) is 40.2 Å². The Hall–Kier alpha value is -3.52. The van der Waals surface area contributed by atoms with Gasteiger partial charge in [-0.1, -0.05) is 18.9 Å². The van der Waals surface area contributed by atoms with Crippen LogP contribution in [0.4, 0.5) is 0 Å². The summed E-state index contributed by atoms with van der Waals surface area (Å²) in [5, 5.41) is 67.6. The molecule has 10 rings (SSSR count). The number of aliphatic hydroxyl groups excluding tert-OH is 3. The number of ketones is 1. The first kappa shape index (κ1) is 37.7. The van der Waals surface area contributed by atoms with Crippen LogP contribution in [-0.4, -0.2) is 99.0 Å². The summed E-state index contributed by atoms with van der Waals surface area (Å²) >= 11 is 0. The number of hydrogen-bond donors (Lipinski definition) is 6. The van der Waals surface area contributed by atoms with Crippen molar-refractivity contribution in [3.05, 3.63) is 51.6 Å². The number of hydrogen-bond acceptors (Lipinski definition) is 11. The van der Waals surface area contributed by atoms with Crippen LogP contribution in [0.5, 0.6) is 17.2 Å². The summed E-state index contributed by atoms with van der Waals surface area (Å²) in [4.78, 5) is 24.8. The lowest BCUT2D eigenvalue weighted by Crippen LogP contribution is -2.69. The molecule has 2 aromatic rings. The molecule has 0 radical (unpaired) electrons. The van der Waals surface area contributed by atoms with Gasteiger partial charge in [0, 0.05) is 23.5 Å². The molecule has 2 aromatic carbocycles. The lowest BCUT2D eigenvalue weighted by atomic mass is 9.47. The summed E-state index contributed by atoms with van der Waals surface area (Å²) < 4.78 is 25.8. The maximum atomic E-state index is 12.6. The molecule has 3 spiro atoms. The Morgan fingerprint density at radius 3 is 2.47 bits per heavy atom. The topological polar surface area (TPSA) is 192 Å². The first-order valence-corrected chi connectivity index (χ1v) is 21.0. The summed E-state index contributed by atoms with van der Waals surface area (Å²) in [5.41, 5.74) is 2.61. The fourth-order valence-corrected chi connectivity index (χ4v) is 14.0. The molecule has 3 aliphatic heterocycles. The molecule has 12 heteroatoms. The molecule has 3 heterocycles. The second-order valence-electron chi connectivity index (χ2n) is 19.1. The SMILES string of the molecule is CC(=O)c1c(C)c(O)c2cc(C(=O)O)cc(OC3OC(CO)C4(CC5C6=C(CC=C6C6COCC7CC8(CCC9(CCCC9)C8)CC5C76)CO4)C(O)C3O)c2c1O. The number of carboxylic acid groups (broad SMARTS) is 1. The second kappa shape index (κ2) is 13.2. The minimum Gasteiger partial charge on any atom is -0.507 e. The first-order chi connectivity index (χ1) is 27.3. The highest BCUT2D eigenvalue weighted by molar-refractivity contribution is 6.11. The molecule has 57 heavy (non-hydrogen) atoms. The molecule has 11 unspecified atom stereocenters. The highest BCUT2D eigenvalue weighted by Gasteiger charge is 2.65. The summed E-state index contributed by atoms with van der Waals surface area (Å²) in [6, 6.07) is 2.27. The van der Waals surface area contributed by atoms with Gasteiger partial charge >= 0.3 is 5.97 Å². The van der Waals surface area contributed by atoms with Gasteiger partial charge in [-0.3, -0.25) is 4.79 Å². The van der Waals surface area contributed by atoms with Gasteiger partial charge in [0.2, 0.25) is 6.29 Å². The van der Waals surface area contributed by atoms with Gasteiger partial charge in [0.15, 0.2) is 5.78 Å². The molecule has 6 fully saturated rings. The average molecular weight is 787 g/mol. The van der Waals surface area contributed by atoms with Crippen LogP contribution in [0.25, 0.3) is 10.8 Å². The fraction of sp³-hybridized carbons (Fsp3) is 0.644. The molecule has 2 saturated heterocycles. The lowest BCUT2D eigenvalue weighted by Gasteiger charge is -2.59. The van der Waals surface area contributed by atoms with E-state index in [1.807, 2.05) is 0 Å². The number of Topliss-reactive ketones (excluding diaryl/α,β-unsaturated/α-hetero) is 1. The molecule has 4 saturated carbocycles. The van der Waals surface area contributed by atoms with Crippen LogP contribution < -0.4 is 4.74 Å². The van der Waals surface area contributed by atoms with E-state index in [0.29, 0.717) is 42.1 Å². The van der Waals surface area contributed by atoms with Gasteiger partial charge in [0.05, 0.1) is 36.3 Å². The molecular weight excluding hydrogens is 732 g/mol. The quantitative estimate of drug-likeness (QED) is 0.160. The number of rotatable bonds is 5. The van der Waals surface area contributed by atoms with E-state index in [0.717, 1.165) is 31.6 Å². The van der Waals surface area contributed by atoms with E-state index in [1.54, 1.807) is 0 Å². The number of aromatic carboxylic acids is 1. The highest BCUT2D eigenvalue weighted by atomic mass is 16.7. The van der Waals surface area contributed by atoms with E-state index >= 15 is 0 Å². The zero-order valence-electron chi connectivity index (χ0n) is 32.7. The summed E-state index contributed by atoms with van der Waals surface area (Å²) in [6.45, 7) is 3.77. The monoisotopic (exact) mass is 786 g/mol. The molecule has 5 aliphatic carbocycles. The molecular formula is C45H54O12. The van der Waals surface area contributed by atoms with Gasteiger partial charge in [0.1, 0.15) is 41.2 Å². The van der Waals surface area contributed by atoms with Crippen LogP contribution >= 0.6 is 0 Å². The van der Waals surface area contributed by atoms with E-state index in [4.69, 9.17) is 18.9 Å². The minimum absolute atomic E-state index is 0.0109. The predicted octanol–water partition coefficient (Wildman–Crippen LogP) is 5.71. The Morgan fingerprint density at radius 1 is 0.965 bits per heavy atom. The van der Waals surface area contributed by atoms with Crippen molar-refractivity contribution in [1.82, 2.24) is 0 Å². The third-order valence-electron chi connectivity index (χ3n) is 16.2. The Labute approximate surface area is 331 Å². The van der Waals surface area contributed by atoms with Gasteiger partial charge in [-0.15, -0.1) is 0 Å². The minimum atomic E-state index is -1.74. The van der Waals surface area contributed by atoms with E-state index in [-0.39, 0.29) is 51.2 Å². The molecule has 0 amide bonds. The molecule has 12 nitrogen and oxygen atoms in total. The second-order valence-corrected chi connectivity index (χ2v) is 19.1. The third-order valence-corrected chi connectivity index (χ3v) is 16.2. The number of phenols is 2. The highest BCUT2D eigenvalue weighted by Crippen LogP contribution is 2.69. The average Bonchev–Trinajstić information content (AvgIpc) is 3.89. The molecule has 6 N–H and O–H groups in total. The van der Waals surface area contributed by atoms with Crippen LogP contribution in [0.1, 0.15) is 104 Å². The molecule has 11 atom stereocenters. The Bertz CT molecular complexity index is 2110. The number of carboxylic acids is 1. The Balaban J connectivity index is 1.01. The van der Waals surface area contributed by atoms with Crippen molar-refractivity contribution in [1.29, 1.82) is 0 Å². The van der Waals surface area contributed by atoms with Crippen LogP contribution in [0, 0.1) is 47.3 Å². The van der Waals surface area contributed by atoms with E-state index in [2.05, 4.69) is 6.08 Å². The van der Waals surface area contributed by atoms with Gasteiger partial charge in [-0.05, 0) is 135 Å². The first-order valence-electron chi connectivity index (χ1n) is 21.0. The Morgan fingerprint density at radius 2 is 1.74 bits per heavy atom. The summed E-state index contributed by atoms with van der Waals surface area (Å²) in [5.74, 6) is -1.64. The van der Waals surface area contributed by atoms with Crippen molar-refractivity contribution in [3.8, 4) is 17.2 Å². The van der Waals surface area contributed by atoms with Crippen molar-refractivity contribution in [2.45, 2.75) is 115 Å². The number of carbonyl (C=O) groups is 2. The maximum Gasteiger partial charge on any atom is 0.335 e. The molecule has 0 bridgehead atoms. The van der Waals surface area contributed by atoms with Gasteiger partial charge in [-0.2, -0.15) is 0 Å². The van der Waals surface area contributed by atoms with Crippen molar-refractivity contribution in [3.63, 3.8) is 0 Å². The third kappa shape index (κ3) is 5.46. The number of aromatic hydroxyl groups is 2. The number of benzene rings is 2. The lowest BCUT2D eigenvalue weighted by molar-refractivity contribution is -0.326. The smallest absolute Gasteiger partial charge is 0.335 e. The standard InChI is InChI=1S/C45H54O12/c1-21-33(22(2)47)38(49)36-27(37(21)48)11-24(41(52)53)12-31(36)56-42-39(50)40(51)45(32(16-46)57-42)15-29-28-14-44(10-9-43(20-44)7-3-4-8-43)13-25-17-54-19-30(35(25)28)26-6-5-23(18-55-45)34(26)29/h6,11-12,25,28-30,32,35,39-40,42,46,48-51H,3-5,7-10,13-20H2,1-2H3,(H,52,53). The summed E-state index contributed by atoms with van der Waals surface area (Å²) in [6.07, 6.45) is 8.68. The number of carbonyl (C=O) groups excluding carboxylic acids is 1. The van der Waals surface area contributed by atoms with Crippen molar-refractivity contribution in [2.75, 3.05) is 26.4 Å². The van der Waals surface area contributed by atoms with Crippen LogP contribution in [0.15, 0.2) is 34.9 Å². The van der Waals surface area contributed by atoms with Gasteiger partial charge in [0.25, 0.3) is 0 Å². The van der Waals surface area contributed by atoms with Gasteiger partial charge < -0.3 is 49.6 Å². The normalized spacial score (nSPS) is 39.0. The molecule has 306 valence electrons. The number of fused-ring (bicyclic) bond motifs is 3. The molecule has 8 aliphatic rings. The predicted molar refractivity (Wildman–Crippen MR) is 205 cm³/mol. The maximum absolute atomic E-state index is 12.6. The Kier molecular flexibility index (Phi) is 8.77.